The standard InChI is InChI=1S/C15H20NO.Ru/c1-3-5-14(11-16-4-2)12-6-7-15-13(10-12)8-9-17-15;/h6-11,14,16H,3-5H2,1-2H3;/q-1;+1. The van der Waals surface area contributed by atoms with Gasteiger partial charge in [0.25, 0.3) is 0 Å². The van der Waals surface area contributed by atoms with Crippen molar-refractivity contribution in [3.63, 3.8) is 0 Å². The summed E-state index contributed by atoms with van der Waals surface area (Å²) in [6, 6.07) is 8.48. The predicted molar refractivity (Wildman–Crippen MR) is 71.8 cm³/mol. The molecule has 1 aromatic carbocycles. The number of furan rings is 1. The Morgan fingerprint density at radius 2 is 2.11 bits per heavy atom. The number of hydrogen-bond acceptors (Lipinski definition) is 2. The van der Waals surface area contributed by atoms with Crippen LogP contribution >= 0.6 is 0 Å². The summed E-state index contributed by atoms with van der Waals surface area (Å²) in [4.78, 5) is 0. The van der Waals surface area contributed by atoms with Crippen LogP contribution < -0.4 is 5.32 Å². The minimum absolute atomic E-state index is 0. The zero-order valence-electron chi connectivity index (χ0n) is 10.9. The van der Waals surface area contributed by atoms with Crippen LogP contribution in [-0.2, 0) is 19.5 Å². The number of nitrogens with one attached hydrogen (secondary N) is 1. The summed E-state index contributed by atoms with van der Waals surface area (Å²) >= 11 is 0. The maximum atomic E-state index is 5.37. The van der Waals surface area contributed by atoms with E-state index >= 15 is 0 Å². The zero-order chi connectivity index (χ0) is 12.1. The molecule has 18 heavy (non-hydrogen) atoms. The van der Waals surface area contributed by atoms with Crippen LogP contribution in [0.2, 0.25) is 0 Å². The van der Waals surface area contributed by atoms with Gasteiger partial charge in [-0.15, -0.1) is 5.92 Å². The number of rotatable bonds is 6. The van der Waals surface area contributed by atoms with Gasteiger partial charge in [-0.3, -0.25) is 6.54 Å². The Morgan fingerprint density at radius 1 is 1.28 bits per heavy atom. The summed E-state index contributed by atoms with van der Waals surface area (Å²) in [7, 11) is 0. The van der Waals surface area contributed by atoms with Gasteiger partial charge in [0.1, 0.15) is 5.58 Å². The Balaban J connectivity index is 0.00000162. The second-order valence-corrected chi connectivity index (χ2v) is 4.34. The molecule has 0 aliphatic rings. The number of likely N-dealkylation sites (N-methyl/N-ethyl adjacent to an activating group) is 1. The smallest absolute Gasteiger partial charge is 0.470 e. The van der Waals surface area contributed by atoms with Gasteiger partial charge >= 0.3 is 19.5 Å². The molecule has 2 aromatic rings. The minimum Gasteiger partial charge on any atom is -0.470 e. The van der Waals surface area contributed by atoms with Crippen molar-refractivity contribution in [2.24, 2.45) is 0 Å². The number of fused-ring (bicyclic) bond motifs is 1. The first-order valence-corrected chi connectivity index (χ1v) is 6.39. The third-order valence-corrected chi connectivity index (χ3v) is 3.03. The average Bonchev–Trinajstić information content (AvgIpc) is 2.81. The van der Waals surface area contributed by atoms with E-state index in [4.69, 9.17) is 4.42 Å². The van der Waals surface area contributed by atoms with Crippen molar-refractivity contribution in [2.45, 2.75) is 32.6 Å². The van der Waals surface area contributed by atoms with Gasteiger partial charge < -0.3 is 9.73 Å². The first-order valence-electron chi connectivity index (χ1n) is 6.39. The van der Waals surface area contributed by atoms with Gasteiger partial charge in [-0.1, -0.05) is 44.4 Å². The molecular formula is C15H20NORu. The van der Waals surface area contributed by atoms with Crippen LogP contribution in [0.3, 0.4) is 0 Å². The zero-order valence-corrected chi connectivity index (χ0v) is 12.7. The van der Waals surface area contributed by atoms with E-state index in [1.807, 2.05) is 6.07 Å². The van der Waals surface area contributed by atoms with Gasteiger partial charge in [0.05, 0.1) is 6.26 Å². The topological polar surface area (TPSA) is 25.2 Å². The molecule has 1 radical (unpaired) electrons. The maximum absolute atomic E-state index is 5.37. The molecule has 1 unspecified atom stereocenters. The molecule has 1 N–H and O–H groups in total. The van der Waals surface area contributed by atoms with Gasteiger partial charge in [0.2, 0.25) is 0 Å². The molecule has 2 nitrogen and oxygen atoms in total. The van der Waals surface area contributed by atoms with Gasteiger partial charge in [0, 0.05) is 5.39 Å². The first kappa shape index (κ1) is 15.4. The van der Waals surface area contributed by atoms with Crippen LogP contribution in [0.4, 0.5) is 0 Å². The SMILES string of the molecule is CCCC([CH-]NCC)c1ccc2occc2c1.[Ru+]. The van der Waals surface area contributed by atoms with Crippen LogP contribution in [0.25, 0.3) is 11.0 Å². The Kier molecular flexibility index (Phi) is 6.59. The van der Waals surface area contributed by atoms with E-state index in [0.717, 1.165) is 12.1 Å². The summed E-state index contributed by atoms with van der Waals surface area (Å²) in [5.74, 6) is 0.485. The van der Waals surface area contributed by atoms with Crippen LogP contribution in [-0.4, -0.2) is 6.54 Å². The van der Waals surface area contributed by atoms with Crippen molar-refractivity contribution in [1.82, 2.24) is 5.32 Å². The van der Waals surface area contributed by atoms with Crippen LogP contribution in [0.1, 0.15) is 38.2 Å². The molecule has 2 rings (SSSR count). The molecule has 0 saturated heterocycles. The Morgan fingerprint density at radius 3 is 2.83 bits per heavy atom. The largest absolute Gasteiger partial charge is 1.00 e. The predicted octanol–water partition coefficient (Wildman–Crippen LogP) is 4.09. The van der Waals surface area contributed by atoms with Crippen molar-refractivity contribution < 1.29 is 23.9 Å². The third kappa shape index (κ3) is 3.67. The first-order chi connectivity index (χ1) is 8.35. The molecule has 0 fully saturated rings. The van der Waals surface area contributed by atoms with E-state index in [1.54, 1.807) is 6.26 Å². The number of benzene rings is 1. The molecule has 0 bridgehead atoms. The fourth-order valence-corrected chi connectivity index (χ4v) is 2.13. The summed E-state index contributed by atoms with van der Waals surface area (Å²) in [6.45, 7) is 7.54. The molecule has 0 aliphatic heterocycles. The normalized spacial score (nSPS) is 12.3. The molecule has 0 saturated carbocycles. The Bertz CT molecular complexity index is 466. The number of hydrogen-bond donors (Lipinski definition) is 1. The molecule has 0 spiro atoms. The summed E-state index contributed by atoms with van der Waals surface area (Å²) in [6.07, 6.45) is 4.11. The quantitative estimate of drug-likeness (QED) is 0.637. The second-order valence-electron chi connectivity index (χ2n) is 4.34. The van der Waals surface area contributed by atoms with Crippen molar-refractivity contribution in [3.05, 3.63) is 42.6 Å². The Labute approximate surface area is 122 Å². The summed E-state index contributed by atoms with van der Waals surface area (Å²) < 4.78 is 5.37. The van der Waals surface area contributed by atoms with E-state index in [0.29, 0.717) is 5.92 Å². The molecule has 1 atom stereocenters. The van der Waals surface area contributed by atoms with E-state index in [9.17, 15) is 0 Å². The van der Waals surface area contributed by atoms with Gasteiger partial charge in [-0.25, -0.2) is 0 Å². The van der Waals surface area contributed by atoms with Crippen molar-refractivity contribution in [3.8, 4) is 0 Å². The molecule has 0 aliphatic carbocycles. The second kappa shape index (κ2) is 7.71. The Hall–Kier alpha value is -0.657. The molecule has 0 amide bonds. The van der Waals surface area contributed by atoms with Gasteiger partial charge in [-0.05, 0) is 18.7 Å². The van der Waals surface area contributed by atoms with Gasteiger partial charge in [0.15, 0.2) is 0 Å². The van der Waals surface area contributed by atoms with Gasteiger partial charge in [-0.2, -0.15) is 0 Å². The third-order valence-electron chi connectivity index (χ3n) is 3.03. The fraction of sp³-hybridized carbons (Fsp3) is 0.400. The van der Waals surface area contributed by atoms with Crippen LogP contribution in [0, 0.1) is 6.54 Å². The van der Waals surface area contributed by atoms with E-state index in [1.165, 1.54) is 23.8 Å². The monoisotopic (exact) mass is 332 g/mol. The van der Waals surface area contributed by atoms with Crippen molar-refractivity contribution in [1.29, 1.82) is 0 Å². The maximum Gasteiger partial charge on any atom is 1.00 e. The van der Waals surface area contributed by atoms with E-state index in [2.05, 4.69) is 43.9 Å². The summed E-state index contributed by atoms with van der Waals surface area (Å²) in [5.41, 5.74) is 2.33. The average molecular weight is 331 g/mol. The minimum atomic E-state index is 0. The van der Waals surface area contributed by atoms with Crippen molar-refractivity contribution in [2.75, 3.05) is 6.54 Å². The van der Waals surface area contributed by atoms with Crippen molar-refractivity contribution >= 4 is 11.0 Å². The molecule has 1 aromatic heterocycles. The molecule has 1 heterocycles. The van der Waals surface area contributed by atoms with Crippen LogP contribution in [0.15, 0.2) is 34.9 Å². The molecular weight excluding hydrogens is 311 g/mol. The molecule has 99 valence electrons. The van der Waals surface area contributed by atoms with E-state index < -0.39 is 0 Å². The molecule has 3 heteroatoms. The van der Waals surface area contributed by atoms with E-state index in [-0.39, 0.29) is 19.5 Å². The fourth-order valence-electron chi connectivity index (χ4n) is 2.13. The van der Waals surface area contributed by atoms with Crippen LogP contribution in [0.5, 0.6) is 0 Å². The summed E-state index contributed by atoms with van der Waals surface area (Å²) in [5, 5.41) is 4.51.